The number of ether oxygens (including phenoxy) is 1. The Balaban J connectivity index is 1.82. The fourth-order valence-electron chi connectivity index (χ4n) is 3.81. The summed E-state index contributed by atoms with van der Waals surface area (Å²) in [6, 6.07) is 7.05. The van der Waals surface area contributed by atoms with Crippen molar-refractivity contribution in [3.05, 3.63) is 29.3 Å². The van der Waals surface area contributed by atoms with Gasteiger partial charge in [0.1, 0.15) is 0 Å². The van der Waals surface area contributed by atoms with Crippen LogP contribution in [0.1, 0.15) is 44.4 Å². The highest BCUT2D eigenvalue weighted by Gasteiger charge is 2.27. The molecule has 1 saturated heterocycles. The standard InChI is InChI=1S/C21H33N3O2/c1-21(2,3)20(25)22-15-19(24-10-12-26-13-11-24)17-7-8-18-16(14-17)6-5-9-23(18)4/h7-8,14,19H,5-6,9-13,15H2,1-4H3,(H,22,25)/t19-/m0/s1. The highest BCUT2D eigenvalue weighted by Crippen LogP contribution is 2.31. The number of carbonyl (C=O) groups is 1. The summed E-state index contributed by atoms with van der Waals surface area (Å²) >= 11 is 0. The topological polar surface area (TPSA) is 44.8 Å². The van der Waals surface area contributed by atoms with Gasteiger partial charge in [0.15, 0.2) is 0 Å². The molecule has 0 aromatic heterocycles. The Bertz CT molecular complexity index is 633. The maximum Gasteiger partial charge on any atom is 0.225 e. The summed E-state index contributed by atoms with van der Waals surface area (Å²) in [4.78, 5) is 17.2. The molecule has 1 aromatic rings. The lowest BCUT2D eigenvalue weighted by Gasteiger charge is -2.36. The molecule has 26 heavy (non-hydrogen) atoms. The van der Waals surface area contributed by atoms with Crippen LogP contribution in [0.3, 0.4) is 0 Å². The van der Waals surface area contributed by atoms with E-state index in [0.29, 0.717) is 6.54 Å². The van der Waals surface area contributed by atoms with Crippen LogP contribution in [0.25, 0.3) is 0 Å². The van der Waals surface area contributed by atoms with Gasteiger partial charge in [-0.25, -0.2) is 0 Å². The second kappa shape index (κ2) is 7.97. The quantitative estimate of drug-likeness (QED) is 0.898. The van der Waals surface area contributed by atoms with Crippen molar-refractivity contribution in [3.63, 3.8) is 0 Å². The van der Waals surface area contributed by atoms with Crippen LogP contribution >= 0.6 is 0 Å². The van der Waals surface area contributed by atoms with E-state index in [2.05, 4.69) is 40.4 Å². The molecule has 5 nitrogen and oxygen atoms in total. The normalized spacial score (nSPS) is 19.8. The van der Waals surface area contributed by atoms with Crippen LogP contribution in [0.15, 0.2) is 18.2 Å². The summed E-state index contributed by atoms with van der Waals surface area (Å²) in [5.74, 6) is 0.105. The van der Waals surface area contributed by atoms with Gasteiger partial charge in [-0.3, -0.25) is 9.69 Å². The predicted molar refractivity (Wildman–Crippen MR) is 106 cm³/mol. The monoisotopic (exact) mass is 359 g/mol. The van der Waals surface area contributed by atoms with E-state index >= 15 is 0 Å². The molecule has 1 fully saturated rings. The number of anilines is 1. The second-order valence-corrected chi connectivity index (χ2v) is 8.54. The summed E-state index contributed by atoms with van der Waals surface area (Å²) in [6.07, 6.45) is 2.34. The van der Waals surface area contributed by atoms with Gasteiger partial charge in [-0.2, -0.15) is 0 Å². The first-order chi connectivity index (χ1) is 12.4. The molecule has 0 unspecified atom stereocenters. The Kier molecular flexibility index (Phi) is 5.88. The molecule has 144 valence electrons. The van der Waals surface area contributed by atoms with E-state index in [1.165, 1.54) is 23.2 Å². The van der Waals surface area contributed by atoms with Gasteiger partial charge in [0, 0.05) is 44.3 Å². The first-order valence-corrected chi connectivity index (χ1v) is 9.80. The van der Waals surface area contributed by atoms with Gasteiger partial charge in [0.25, 0.3) is 0 Å². The van der Waals surface area contributed by atoms with E-state index in [9.17, 15) is 4.79 Å². The lowest BCUT2D eigenvalue weighted by molar-refractivity contribution is -0.128. The molecular formula is C21H33N3O2. The molecule has 0 radical (unpaired) electrons. The lowest BCUT2D eigenvalue weighted by atomic mass is 9.94. The molecule has 1 N–H and O–H groups in total. The summed E-state index contributed by atoms with van der Waals surface area (Å²) in [6.45, 7) is 11.0. The zero-order chi connectivity index (χ0) is 18.7. The largest absolute Gasteiger partial charge is 0.379 e. The Morgan fingerprint density at radius 3 is 2.65 bits per heavy atom. The molecular weight excluding hydrogens is 326 g/mol. The van der Waals surface area contributed by atoms with Crippen LogP contribution in [0.4, 0.5) is 5.69 Å². The molecule has 5 heteroatoms. The van der Waals surface area contributed by atoms with Crippen molar-refractivity contribution in [2.24, 2.45) is 5.41 Å². The van der Waals surface area contributed by atoms with Crippen molar-refractivity contribution in [1.82, 2.24) is 10.2 Å². The number of amides is 1. The van der Waals surface area contributed by atoms with E-state index < -0.39 is 0 Å². The van der Waals surface area contributed by atoms with Gasteiger partial charge in [-0.1, -0.05) is 32.9 Å². The number of hydrogen-bond donors (Lipinski definition) is 1. The molecule has 1 amide bonds. The molecule has 2 aliphatic heterocycles. The predicted octanol–water partition coefficient (Wildman–Crippen LogP) is 2.60. The fraction of sp³-hybridized carbons (Fsp3) is 0.667. The first kappa shape index (κ1) is 19.2. The number of fused-ring (bicyclic) bond motifs is 1. The van der Waals surface area contributed by atoms with Crippen molar-refractivity contribution < 1.29 is 9.53 Å². The molecule has 1 atom stereocenters. The molecule has 1 aromatic carbocycles. The van der Waals surface area contributed by atoms with E-state index in [1.54, 1.807) is 0 Å². The highest BCUT2D eigenvalue weighted by molar-refractivity contribution is 5.81. The maximum absolute atomic E-state index is 12.4. The zero-order valence-corrected chi connectivity index (χ0v) is 16.7. The minimum absolute atomic E-state index is 0.105. The molecule has 0 saturated carbocycles. The highest BCUT2D eigenvalue weighted by atomic mass is 16.5. The third kappa shape index (κ3) is 4.38. The van der Waals surface area contributed by atoms with Gasteiger partial charge in [-0.05, 0) is 30.0 Å². The number of morpholine rings is 1. The maximum atomic E-state index is 12.4. The van der Waals surface area contributed by atoms with Crippen molar-refractivity contribution in [2.75, 3.05) is 51.3 Å². The average Bonchev–Trinajstić information content (AvgIpc) is 2.62. The van der Waals surface area contributed by atoms with Crippen molar-refractivity contribution in [3.8, 4) is 0 Å². The minimum Gasteiger partial charge on any atom is -0.379 e. The van der Waals surface area contributed by atoms with E-state index in [1.807, 2.05) is 20.8 Å². The summed E-state index contributed by atoms with van der Waals surface area (Å²) in [5, 5.41) is 3.18. The Hall–Kier alpha value is -1.59. The van der Waals surface area contributed by atoms with Gasteiger partial charge >= 0.3 is 0 Å². The Labute approximate surface area is 157 Å². The number of rotatable bonds is 4. The van der Waals surface area contributed by atoms with Crippen LogP contribution in [-0.4, -0.2) is 57.2 Å². The zero-order valence-electron chi connectivity index (χ0n) is 16.7. The van der Waals surface area contributed by atoms with Crippen LogP contribution in [0.2, 0.25) is 0 Å². The lowest BCUT2D eigenvalue weighted by Crippen LogP contribution is -2.45. The molecule has 2 heterocycles. The number of hydrogen-bond acceptors (Lipinski definition) is 4. The van der Waals surface area contributed by atoms with Gasteiger partial charge in [0.05, 0.1) is 19.3 Å². The number of benzene rings is 1. The summed E-state index contributed by atoms with van der Waals surface area (Å²) in [5.41, 5.74) is 3.71. The summed E-state index contributed by atoms with van der Waals surface area (Å²) in [7, 11) is 2.17. The van der Waals surface area contributed by atoms with Crippen LogP contribution in [0, 0.1) is 5.41 Å². The van der Waals surface area contributed by atoms with Gasteiger partial charge < -0.3 is 15.0 Å². The van der Waals surface area contributed by atoms with Gasteiger partial charge in [0.2, 0.25) is 5.91 Å². The third-order valence-electron chi connectivity index (χ3n) is 5.46. The van der Waals surface area contributed by atoms with E-state index in [-0.39, 0.29) is 17.4 Å². The SMILES string of the molecule is CN1CCCc2cc([C@H](CNC(=O)C(C)(C)C)N3CCOCC3)ccc21. The number of nitrogens with zero attached hydrogens (tertiary/aromatic N) is 2. The molecule has 2 aliphatic rings. The Morgan fingerprint density at radius 2 is 1.96 bits per heavy atom. The molecule has 0 bridgehead atoms. The van der Waals surface area contributed by atoms with Crippen molar-refractivity contribution in [2.45, 2.75) is 39.7 Å². The third-order valence-corrected chi connectivity index (χ3v) is 5.46. The second-order valence-electron chi connectivity index (χ2n) is 8.54. The van der Waals surface area contributed by atoms with E-state index in [0.717, 1.165) is 39.3 Å². The van der Waals surface area contributed by atoms with Crippen molar-refractivity contribution >= 4 is 11.6 Å². The van der Waals surface area contributed by atoms with Crippen LogP contribution < -0.4 is 10.2 Å². The minimum atomic E-state index is -0.367. The molecule has 3 rings (SSSR count). The fourth-order valence-corrected chi connectivity index (χ4v) is 3.81. The smallest absolute Gasteiger partial charge is 0.225 e. The van der Waals surface area contributed by atoms with Crippen molar-refractivity contribution in [1.29, 1.82) is 0 Å². The summed E-state index contributed by atoms with van der Waals surface area (Å²) < 4.78 is 5.53. The Morgan fingerprint density at radius 1 is 1.23 bits per heavy atom. The number of aryl methyl sites for hydroxylation is 1. The van der Waals surface area contributed by atoms with Crippen LogP contribution in [0.5, 0.6) is 0 Å². The van der Waals surface area contributed by atoms with Gasteiger partial charge in [-0.15, -0.1) is 0 Å². The molecule has 0 spiro atoms. The van der Waals surface area contributed by atoms with Crippen LogP contribution in [-0.2, 0) is 16.0 Å². The average molecular weight is 360 g/mol. The number of nitrogens with one attached hydrogen (secondary N) is 1. The number of carbonyl (C=O) groups excluding carboxylic acids is 1. The molecule has 0 aliphatic carbocycles. The van der Waals surface area contributed by atoms with E-state index in [4.69, 9.17) is 4.74 Å². The first-order valence-electron chi connectivity index (χ1n) is 9.80.